The van der Waals surface area contributed by atoms with Crippen molar-refractivity contribution in [2.24, 2.45) is 0 Å². The first kappa shape index (κ1) is 9.99. The second kappa shape index (κ2) is 3.91. The van der Waals surface area contributed by atoms with Crippen LogP contribution < -0.4 is 0 Å². The standard InChI is InChI=1S/C13H14O2/c1-9(2)7-12(14)11-8-15-13-6-4-3-5-10(11)13/h3-8,12,14H,1-2H3. The molecular weight excluding hydrogens is 188 g/mol. The molecule has 78 valence electrons. The Balaban J connectivity index is 2.48. The van der Waals surface area contributed by atoms with E-state index in [4.69, 9.17) is 4.42 Å². The fourth-order valence-electron chi connectivity index (χ4n) is 1.63. The molecule has 1 atom stereocenters. The Morgan fingerprint density at radius 3 is 2.80 bits per heavy atom. The first-order valence-corrected chi connectivity index (χ1v) is 4.97. The van der Waals surface area contributed by atoms with Gasteiger partial charge in [-0.25, -0.2) is 0 Å². The summed E-state index contributed by atoms with van der Waals surface area (Å²) in [6.45, 7) is 3.93. The van der Waals surface area contributed by atoms with Gasteiger partial charge in [-0.2, -0.15) is 0 Å². The molecule has 15 heavy (non-hydrogen) atoms. The number of rotatable bonds is 2. The largest absolute Gasteiger partial charge is 0.464 e. The van der Waals surface area contributed by atoms with E-state index in [1.54, 1.807) is 6.26 Å². The van der Waals surface area contributed by atoms with Crippen molar-refractivity contribution in [3.05, 3.63) is 47.7 Å². The molecule has 1 N–H and O–H groups in total. The minimum absolute atomic E-state index is 0.585. The number of hydrogen-bond donors (Lipinski definition) is 1. The molecular formula is C13H14O2. The van der Waals surface area contributed by atoms with Crippen LogP contribution in [0.25, 0.3) is 11.0 Å². The number of hydrogen-bond acceptors (Lipinski definition) is 2. The van der Waals surface area contributed by atoms with Crippen molar-refractivity contribution < 1.29 is 9.52 Å². The number of para-hydroxylation sites is 1. The van der Waals surface area contributed by atoms with Crippen LogP contribution in [-0.2, 0) is 0 Å². The van der Waals surface area contributed by atoms with Crippen molar-refractivity contribution >= 4 is 11.0 Å². The molecule has 0 aliphatic heterocycles. The van der Waals surface area contributed by atoms with Gasteiger partial charge in [0.15, 0.2) is 0 Å². The summed E-state index contributed by atoms with van der Waals surface area (Å²) in [6, 6.07) is 7.71. The number of furan rings is 1. The molecule has 0 aliphatic carbocycles. The maximum Gasteiger partial charge on any atom is 0.134 e. The topological polar surface area (TPSA) is 33.4 Å². The Morgan fingerprint density at radius 1 is 1.33 bits per heavy atom. The van der Waals surface area contributed by atoms with Crippen molar-refractivity contribution in [1.82, 2.24) is 0 Å². The first-order chi connectivity index (χ1) is 7.18. The lowest BCUT2D eigenvalue weighted by atomic mass is 10.1. The lowest BCUT2D eigenvalue weighted by Crippen LogP contribution is -1.91. The van der Waals surface area contributed by atoms with E-state index in [1.165, 1.54) is 0 Å². The van der Waals surface area contributed by atoms with Crippen LogP contribution in [0.5, 0.6) is 0 Å². The molecule has 0 aliphatic rings. The second-order valence-corrected chi connectivity index (χ2v) is 3.88. The summed E-state index contributed by atoms with van der Waals surface area (Å²) in [5.41, 5.74) is 2.73. The molecule has 1 unspecified atom stereocenters. The third kappa shape index (κ3) is 1.95. The normalized spacial score (nSPS) is 12.7. The summed E-state index contributed by atoms with van der Waals surface area (Å²) < 4.78 is 5.36. The highest BCUT2D eigenvalue weighted by atomic mass is 16.3. The molecule has 1 aromatic carbocycles. The maximum atomic E-state index is 9.94. The number of fused-ring (bicyclic) bond motifs is 1. The highest BCUT2D eigenvalue weighted by molar-refractivity contribution is 5.81. The van der Waals surface area contributed by atoms with Crippen molar-refractivity contribution in [1.29, 1.82) is 0 Å². The number of benzene rings is 1. The number of aliphatic hydroxyl groups excluding tert-OH is 1. The lowest BCUT2D eigenvalue weighted by molar-refractivity contribution is 0.228. The van der Waals surface area contributed by atoms with Crippen LogP contribution in [0.4, 0.5) is 0 Å². The molecule has 0 fully saturated rings. The zero-order chi connectivity index (χ0) is 10.8. The third-order valence-corrected chi connectivity index (χ3v) is 2.32. The zero-order valence-corrected chi connectivity index (χ0v) is 8.90. The van der Waals surface area contributed by atoms with Gasteiger partial charge in [-0.3, -0.25) is 0 Å². The van der Waals surface area contributed by atoms with E-state index < -0.39 is 6.10 Å². The highest BCUT2D eigenvalue weighted by Crippen LogP contribution is 2.27. The zero-order valence-electron chi connectivity index (χ0n) is 8.90. The van der Waals surface area contributed by atoms with Gasteiger partial charge in [0.1, 0.15) is 11.7 Å². The van der Waals surface area contributed by atoms with Gasteiger partial charge in [-0.1, -0.05) is 29.8 Å². The van der Waals surface area contributed by atoms with Crippen LogP contribution in [0.3, 0.4) is 0 Å². The smallest absolute Gasteiger partial charge is 0.134 e. The molecule has 0 spiro atoms. The van der Waals surface area contributed by atoms with E-state index in [0.717, 1.165) is 22.1 Å². The molecule has 2 rings (SSSR count). The van der Waals surface area contributed by atoms with Crippen LogP contribution in [0.15, 0.2) is 46.6 Å². The van der Waals surface area contributed by atoms with E-state index in [1.807, 2.05) is 44.2 Å². The summed E-state index contributed by atoms with van der Waals surface area (Å²) in [4.78, 5) is 0. The van der Waals surface area contributed by atoms with E-state index in [-0.39, 0.29) is 0 Å². The number of aliphatic hydroxyl groups is 1. The van der Waals surface area contributed by atoms with Gasteiger partial charge in [-0.15, -0.1) is 0 Å². The minimum Gasteiger partial charge on any atom is -0.464 e. The Morgan fingerprint density at radius 2 is 2.07 bits per heavy atom. The van der Waals surface area contributed by atoms with E-state index in [0.29, 0.717) is 0 Å². The van der Waals surface area contributed by atoms with Crippen molar-refractivity contribution in [3.8, 4) is 0 Å². The van der Waals surface area contributed by atoms with E-state index in [9.17, 15) is 5.11 Å². The summed E-state index contributed by atoms with van der Waals surface area (Å²) in [5.74, 6) is 0. The van der Waals surface area contributed by atoms with Gasteiger partial charge >= 0.3 is 0 Å². The molecule has 0 saturated heterocycles. The van der Waals surface area contributed by atoms with Gasteiger partial charge in [0.25, 0.3) is 0 Å². The summed E-state index contributed by atoms with van der Waals surface area (Å²) in [7, 11) is 0. The van der Waals surface area contributed by atoms with Gasteiger partial charge in [0, 0.05) is 10.9 Å². The molecule has 0 amide bonds. The van der Waals surface area contributed by atoms with Gasteiger partial charge in [-0.05, 0) is 19.9 Å². The van der Waals surface area contributed by atoms with Gasteiger partial charge in [0.05, 0.1) is 6.26 Å². The van der Waals surface area contributed by atoms with Gasteiger partial charge in [0.2, 0.25) is 0 Å². The Bertz CT molecular complexity index is 490. The Kier molecular flexibility index (Phi) is 2.60. The maximum absolute atomic E-state index is 9.94. The fourth-order valence-corrected chi connectivity index (χ4v) is 1.63. The van der Waals surface area contributed by atoms with Crippen molar-refractivity contribution in [3.63, 3.8) is 0 Å². The summed E-state index contributed by atoms with van der Waals surface area (Å²) >= 11 is 0. The summed E-state index contributed by atoms with van der Waals surface area (Å²) in [5, 5.41) is 10.9. The SMILES string of the molecule is CC(C)=CC(O)c1coc2ccccc12. The third-order valence-electron chi connectivity index (χ3n) is 2.32. The first-order valence-electron chi connectivity index (χ1n) is 4.97. The molecule has 1 heterocycles. The van der Waals surface area contributed by atoms with E-state index >= 15 is 0 Å². The lowest BCUT2D eigenvalue weighted by Gasteiger charge is -2.03. The monoisotopic (exact) mass is 202 g/mol. The Hall–Kier alpha value is -1.54. The van der Waals surface area contributed by atoms with Crippen LogP contribution >= 0.6 is 0 Å². The van der Waals surface area contributed by atoms with Crippen molar-refractivity contribution in [2.75, 3.05) is 0 Å². The molecule has 2 heteroatoms. The summed E-state index contributed by atoms with van der Waals surface area (Å²) in [6.07, 6.45) is 2.85. The fraction of sp³-hybridized carbons (Fsp3) is 0.231. The average Bonchev–Trinajstić information content (AvgIpc) is 2.59. The Labute approximate surface area is 88.8 Å². The number of allylic oxidation sites excluding steroid dienone is 1. The second-order valence-electron chi connectivity index (χ2n) is 3.88. The van der Waals surface area contributed by atoms with Gasteiger partial charge < -0.3 is 9.52 Å². The molecule has 0 radical (unpaired) electrons. The molecule has 0 saturated carbocycles. The van der Waals surface area contributed by atoms with E-state index in [2.05, 4.69) is 0 Å². The van der Waals surface area contributed by atoms with Crippen LogP contribution in [0.1, 0.15) is 25.5 Å². The molecule has 2 aromatic rings. The predicted octanol–water partition coefficient (Wildman–Crippen LogP) is 3.43. The highest BCUT2D eigenvalue weighted by Gasteiger charge is 2.11. The molecule has 2 nitrogen and oxygen atoms in total. The van der Waals surface area contributed by atoms with Crippen molar-refractivity contribution in [2.45, 2.75) is 20.0 Å². The average molecular weight is 202 g/mol. The van der Waals surface area contributed by atoms with Crippen LogP contribution in [0.2, 0.25) is 0 Å². The quantitative estimate of drug-likeness (QED) is 0.757. The predicted molar refractivity (Wildman–Crippen MR) is 60.6 cm³/mol. The minimum atomic E-state index is -0.585. The van der Waals surface area contributed by atoms with Crippen LogP contribution in [0, 0.1) is 0 Å². The molecule has 1 aromatic heterocycles. The molecule has 0 bridgehead atoms. The van der Waals surface area contributed by atoms with Crippen LogP contribution in [-0.4, -0.2) is 5.11 Å².